The highest BCUT2D eigenvalue weighted by molar-refractivity contribution is 6.01. The lowest BCUT2D eigenvalue weighted by Gasteiger charge is -2.35. The Morgan fingerprint density at radius 2 is 2.11 bits per heavy atom. The van der Waals surface area contributed by atoms with E-state index in [2.05, 4.69) is 17.2 Å². The van der Waals surface area contributed by atoms with E-state index in [1.165, 1.54) is 6.42 Å². The highest BCUT2D eigenvalue weighted by Crippen LogP contribution is 2.34. The molecule has 1 aliphatic carbocycles. The predicted molar refractivity (Wildman–Crippen MR) is 72.1 cm³/mol. The van der Waals surface area contributed by atoms with Gasteiger partial charge in [0.1, 0.15) is 11.3 Å². The van der Waals surface area contributed by atoms with Crippen LogP contribution in [0.2, 0.25) is 0 Å². The molecular weight excluding hydrogens is 242 g/mol. The third-order valence-corrected chi connectivity index (χ3v) is 3.78. The van der Waals surface area contributed by atoms with Gasteiger partial charge in [0, 0.05) is 13.2 Å². The van der Waals surface area contributed by atoms with Crippen molar-refractivity contribution in [3.63, 3.8) is 0 Å². The van der Waals surface area contributed by atoms with Gasteiger partial charge in [-0.1, -0.05) is 31.4 Å². The average Bonchev–Trinajstić information content (AvgIpc) is 2.88. The van der Waals surface area contributed by atoms with Gasteiger partial charge < -0.3 is 4.74 Å². The first kappa shape index (κ1) is 14.2. The topological polar surface area (TPSA) is 57.0 Å². The van der Waals surface area contributed by atoms with Crippen molar-refractivity contribution in [1.29, 1.82) is 0 Å². The molecule has 0 aliphatic heterocycles. The number of carbonyl (C=O) groups is 1. The largest absolute Gasteiger partial charge is 0.367 e. The van der Waals surface area contributed by atoms with Crippen LogP contribution in [0.4, 0.5) is 0 Å². The zero-order valence-electron chi connectivity index (χ0n) is 11.9. The molecule has 2 rings (SSSR count). The maximum Gasteiger partial charge on any atom is 0.214 e. The molecule has 0 aromatic carbocycles. The molecular formula is C14H23N3O2. The molecule has 0 atom stereocenters. The van der Waals surface area contributed by atoms with Crippen molar-refractivity contribution in [2.75, 3.05) is 6.61 Å². The van der Waals surface area contributed by atoms with Crippen LogP contribution in [0.5, 0.6) is 0 Å². The molecule has 0 bridgehead atoms. The minimum atomic E-state index is -0.639. The quantitative estimate of drug-likeness (QED) is 0.742. The Kier molecular flexibility index (Phi) is 4.69. The Bertz CT molecular complexity index is 417. The van der Waals surface area contributed by atoms with Crippen molar-refractivity contribution >= 4 is 5.78 Å². The second-order valence-electron chi connectivity index (χ2n) is 5.16. The van der Waals surface area contributed by atoms with Gasteiger partial charge in [-0.05, 0) is 26.2 Å². The highest BCUT2D eigenvalue weighted by atomic mass is 16.5. The predicted octanol–water partition coefficient (Wildman–Crippen LogP) is 2.61. The molecule has 0 radical (unpaired) electrons. The van der Waals surface area contributed by atoms with E-state index < -0.39 is 5.60 Å². The number of nitrogens with zero attached hydrogens (tertiary/aromatic N) is 3. The van der Waals surface area contributed by atoms with Gasteiger partial charge in [0.2, 0.25) is 5.78 Å². The minimum Gasteiger partial charge on any atom is -0.367 e. The summed E-state index contributed by atoms with van der Waals surface area (Å²) in [5, 5.41) is 7.89. The number of ketones is 1. The molecule has 5 nitrogen and oxygen atoms in total. The van der Waals surface area contributed by atoms with Crippen LogP contribution in [-0.4, -0.2) is 33.0 Å². The van der Waals surface area contributed by atoms with E-state index in [4.69, 9.17) is 4.74 Å². The zero-order valence-corrected chi connectivity index (χ0v) is 11.9. The third-order valence-electron chi connectivity index (χ3n) is 3.78. The van der Waals surface area contributed by atoms with Gasteiger partial charge in [0.25, 0.3) is 0 Å². The Hall–Kier alpha value is -1.23. The van der Waals surface area contributed by atoms with E-state index in [-0.39, 0.29) is 5.78 Å². The molecule has 1 heterocycles. The Balaban J connectivity index is 2.25. The van der Waals surface area contributed by atoms with Crippen molar-refractivity contribution in [2.45, 2.75) is 64.5 Å². The molecule has 0 unspecified atom stereocenters. The van der Waals surface area contributed by atoms with Crippen LogP contribution in [-0.2, 0) is 11.3 Å². The SMILES string of the molecule is CCCn1nncc1C(=O)C1(OCC)CCCCC1. The molecule has 1 aromatic rings. The van der Waals surface area contributed by atoms with Crippen molar-refractivity contribution in [3.8, 4) is 0 Å². The number of Topliss-reactive ketones (excluding diaryl/α,β-unsaturated/α-hetero) is 1. The monoisotopic (exact) mass is 265 g/mol. The first-order valence-corrected chi connectivity index (χ1v) is 7.30. The summed E-state index contributed by atoms with van der Waals surface area (Å²) in [4.78, 5) is 12.8. The van der Waals surface area contributed by atoms with Gasteiger partial charge in [-0.2, -0.15) is 0 Å². The van der Waals surface area contributed by atoms with Gasteiger partial charge in [-0.3, -0.25) is 4.79 Å². The maximum absolute atomic E-state index is 12.8. The van der Waals surface area contributed by atoms with E-state index in [0.29, 0.717) is 12.3 Å². The van der Waals surface area contributed by atoms with Gasteiger partial charge >= 0.3 is 0 Å². The van der Waals surface area contributed by atoms with Crippen LogP contribution in [0, 0.1) is 0 Å². The smallest absolute Gasteiger partial charge is 0.214 e. The fourth-order valence-electron chi connectivity index (χ4n) is 2.88. The number of rotatable bonds is 6. The third kappa shape index (κ3) is 2.86. The summed E-state index contributed by atoms with van der Waals surface area (Å²) >= 11 is 0. The Morgan fingerprint density at radius 1 is 1.37 bits per heavy atom. The van der Waals surface area contributed by atoms with E-state index in [9.17, 15) is 4.79 Å². The molecule has 1 aliphatic rings. The highest BCUT2D eigenvalue weighted by Gasteiger charge is 2.42. The summed E-state index contributed by atoms with van der Waals surface area (Å²) < 4.78 is 7.58. The number of ether oxygens (including phenoxy) is 1. The normalized spacial score (nSPS) is 18.4. The maximum atomic E-state index is 12.8. The first-order chi connectivity index (χ1) is 9.23. The van der Waals surface area contributed by atoms with Crippen LogP contribution in [0.15, 0.2) is 6.20 Å². The lowest BCUT2D eigenvalue weighted by Crippen LogP contribution is -2.44. The standard InChI is InChI=1S/C14H23N3O2/c1-3-10-17-12(11-15-16-17)13(18)14(19-4-2)8-6-5-7-9-14/h11H,3-10H2,1-2H3. The van der Waals surface area contributed by atoms with Crippen LogP contribution in [0.1, 0.15) is 62.9 Å². The lowest BCUT2D eigenvalue weighted by molar-refractivity contribution is -0.0417. The van der Waals surface area contributed by atoms with Crippen molar-refractivity contribution in [1.82, 2.24) is 15.0 Å². The summed E-state index contributed by atoms with van der Waals surface area (Å²) in [5.74, 6) is 0.0625. The summed E-state index contributed by atoms with van der Waals surface area (Å²) in [5.41, 5.74) is -0.0441. The summed E-state index contributed by atoms with van der Waals surface area (Å²) in [7, 11) is 0. The molecule has 0 saturated heterocycles. The second-order valence-corrected chi connectivity index (χ2v) is 5.16. The van der Waals surface area contributed by atoms with Gasteiger partial charge in [0.05, 0.1) is 6.20 Å². The fourth-order valence-corrected chi connectivity index (χ4v) is 2.88. The van der Waals surface area contributed by atoms with Crippen LogP contribution >= 0.6 is 0 Å². The molecule has 1 saturated carbocycles. The minimum absolute atomic E-state index is 0.0625. The van der Waals surface area contributed by atoms with Crippen molar-refractivity contribution in [2.24, 2.45) is 0 Å². The molecule has 19 heavy (non-hydrogen) atoms. The van der Waals surface area contributed by atoms with Gasteiger partial charge in [-0.25, -0.2) is 4.68 Å². The number of aryl methyl sites for hydroxylation is 1. The molecule has 0 amide bonds. The van der Waals surface area contributed by atoms with E-state index in [1.807, 2.05) is 6.92 Å². The van der Waals surface area contributed by atoms with E-state index in [1.54, 1.807) is 10.9 Å². The Morgan fingerprint density at radius 3 is 2.74 bits per heavy atom. The lowest BCUT2D eigenvalue weighted by atomic mass is 9.80. The molecule has 0 N–H and O–H groups in total. The molecule has 1 fully saturated rings. The summed E-state index contributed by atoms with van der Waals surface area (Å²) in [6, 6.07) is 0. The first-order valence-electron chi connectivity index (χ1n) is 7.30. The van der Waals surface area contributed by atoms with E-state index in [0.717, 1.165) is 38.6 Å². The number of hydrogen-bond acceptors (Lipinski definition) is 4. The summed E-state index contributed by atoms with van der Waals surface area (Å²) in [6.07, 6.45) is 7.45. The number of aromatic nitrogens is 3. The molecule has 1 aromatic heterocycles. The summed E-state index contributed by atoms with van der Waals surface area (Å²) in [6.45, 7) is 5.31. The van der Waals surface area contributed by atoms with Crippen molar-refractivity contribution in [3.05, 3.63) is 11.9 Å². The molecule has 5 heteroatoms. The molecule has 106 valence electrons. The van der Waals surface area contributed by atoms with Gasteiger partial charge in [-0.15, -0.1) is 5.10 Å². The number of hydrogen-bond donors (Lipinski definition) is 0. The zero-order chi connectivity index (χ0) is 13.7. The van der Waals surface area contributed by atoms with Crippen LogP contribution < -0.4 is 0 Å². The van der Waals surface area contributed by atoms with Crippen LogP contribution in [0.25, 0.3) is 0 Å². The molecule has 0 spiro atoms. The van der Waals surface area contributed by atoms with Gasteiger partial charge in [0.15, 0.2) is 0 Å². The fraction of sp³-hybridized carbons (Fsp3) is 0.786. The van der Waals surface area contributed by atoms with Crippen LogP contribution in [0.3, 0.4) is 0 Å². The van der Waals surface area contributed by atoms with Crippen molar-refractivity contribution < 1.29 is 9.53 Å². The second kappa shape index (κ2) is 6.28. The Labute approximate surface area is 114 Å². The number of carbonyl (C=O) groups excluding carboxylic acids is 1. The van der Waals surface area contributed by atoms with E-state index >= 15 is 0 Å². The average molecular weight is 265 g/mol.